The van der Waals surface area contributed by atoms with Gasteiger partial charge in [0.1, 0.15) is 5.69 Å². The molecule has 100 valence electrons. The number of rotatable bonds is 5. The highest BCUT2D eigenvalue weighted by molar-refractivity contribution is 5.85. The number of benzene rings is 1. The molecule has 0 saturated heterocycles. The highest BCUT2D eigenvalue weighted by Gasteiger charge is 2.20. The molecule has 0 saturated carbocycles. The van der Waals surface area contributed by atoms with Gasteiger partial charge in [-0.1, -0.05) is 37.6 Å². The molecule has 19 heavy (non-hydrogen) atoms. The number of aryl methyl sites for hydroxylation is 1. The van der Waals surface area contributed by atoms with Gasteiger partial charge in [-0.2, -0.15) is 0 Å². The zero-order chi connectivity index (χ0) is 13.8. The molecule has 1 aromatic heterocycles. The maximum atomic E-state index is 11.2. The van der Waals surface area contributed by atoms with Crippen LogP contribution in [0.2, 0.25) is 0 Å². The second-order valence-electron chi connectivity index (χ2n) is 4.65. The fraction of sp³-hybridized carbons (Fsp3) is 0.333. The molecule has 0 spiro atoms. The van der Waals surface area contributed by atoms with Crippen molar-refractivity contribution >= 4 is 5.97 Å². The van der Waals surface area contributed by atoms with Crippen LogP contribution in [0.5, 0.6) is 0 Å². The van der Waals surface area contributed by atoms with Gasteiger partial charge < -0.3 is 9.67 Å². The predicted octanol–water partition coefficient (Wildman–Crippen LogP) is 3.28. The Hall–Kier alpha value is -2.10. The minimum Gasteiger partial charge on any atom is -0.477 e. The van der Waals surface area contributed by atoms with Crippen LogP contribution < -0.4 is 0 Å². The molecule has 1 aromatic carbocycles. The lowest BCUT2D eigenvalue weighted by Gasteiger charge is -2.21. The fourth-order valence-electron chi connectivity index (χ4n) is 2.40. The second kappa shape index (κ2) is 5.69. The summed E-state index contributed by atoms with van der Waals surface area (Å²) in [7, 11) is 0. The van der Waals surface area contributed by atoms with Crippen molar-refractivity contribution in [3.8, 4) is 0 Å². The second-order valence-corrected chi connectivity index (χ2v) is 4.65. The van der Waals surface area contributed by atoms with Gasteiger partial charge in [-0.05, 0) is 24.5 Å². The lowest BCUT2D eigenvalue weighted by molar-refractivity contribution is 0.0683. The third kappa shape index (κ3) is 2.67. The van der Waals surface area contributed by atoms with Gasteiger partial charge in [-0.3, -0.25) is 0 Å². The first-order chi connectivity index (χ1) is 9.15. The molecule has 4 heteroatoms. The molecule has 0 fully saturated rings. The summed E-state index contributed by atoms with van der Waals surface area (Å²) < 4.78 is 1.76. The number of nitrogens with zero attached hydrogens (tertiary/aromatic N) is 2. The molecule has 0 radical (unpaired) electrons. The van der Waals surface area contributed by atoms with E-state index in [-0.39, 0.29) is 11.7 Å². The van der Waals surface area contributed by atoms with Crippen LogP contribution in [0.4, 0.5) is 0 Å². The summed E-state index contributed by atoms with van der Waals surface area (Å²) in [6.45, 7) is 4.15. The first kappa shape index (κ1) is 13.3. The van der Waals surface area contributed by atoms with Crippen molar-refractivity contribution in [3.63, 3.8) is 0 Å². The number of hydrogen-bond acceptors (Lipinski definition) is 2. The van der Waals surface area contributed by atoms with Crippen LogP contribution in [-0.4, -0.2) is 20.6 Å². The quantitative estimate of drug-likeness (QED) is 0.895. The van der Waals surface area contributed by atoms with Gasteiger partial charge >= 0.3 is 5.97 Å². The summed E-state index contributed by atoms with van der Waals surface area (Å²) in [5.41, 5.74) is 2.57. The molecule has 0 aliphatic rings. The molecule has 2 rings (SSSR count). The van der Waals surface area contributed by atoms with Gasteiger partial charge in [0.15, 0.2) is 0 Å². The molecule has 1 unspecified atom stereocenters. The highest BCUT2D eigenvalue weighted by atomic mass is 16.4. The van der Waals surface area contributed by atoms with Gasteiger partial charge in [0.25, 0.3) is 0 Å². The summed E-state index contributed by atoms with van der Waals surface area (Å²) in [5, 5.41) is 9.23. The number of aromatic nitrogens is 2. The van der Waals surface area contributed by atoms with Crippen molar-refractivity contribution in [2.24, 2.45) is 0 Å². The van der Waals surface area contributed by atoms with Crippen molar-refractivity contribution in [1.29, 1.82) is 0 Å². The predicted molar refractivity (Wildman–Crippen MR) is 73.4 cm³/mol. The summed E-state index contributed by atoms with van der Waals surface area (Å²) in [6.07, 6.45) is 4.89. The Morgan fingerprint density at radius 1 is 1.42 bits per heavy atom. The van der Waals surface area contributed by atoms with Gasteiger partial charge in [0.05, 0.1) is 18.6 Å². The van der Waals surface area contributed by atoms with Crippen molar-refractivity contribution in [3.05, 3.63) is 53.6 Å². The van der Waals surface area contributed by atoms with E-state index in [1.165, 1.54) is 11.8 Å². The Balaban J connectivity index is 2.49. The first-order valence-corrected chi connectivity index (χ1v) is 6.45. The van der Waals surface area contributed by atoms with Crippen LogP contribution in [0.25, 0.3) is 0 Å². The van der Waals surface area contributed by atoms with E-state index in [1.807, 2.05) is 12.1 Å². The first-order valence-electron chi connectivity index (χ1n) is 6.45. The maximum absolute atomic E-state index is 11.2. The molecule has 0 bridgehead atoms. The minimum atomic E-state index is -0.938. The third-order valence-corrected chi connectivity index (χ3v) is 3.33. The van der Waals surface area contributed by atoms with Crippen LogP contribution in [-0.2, 0) is 0 Å². The molecule has 4 nitrogen and oxygen atoms in total. The van der Waals surface area contributed by atoms with E-state index in [2.05, 4.69) is 31.0 Å². The molecule has 1 N–H and O–H groups in total. The molecular formula is C15H18N2O2. The standard InChI is InChI=1S/C15H18N2O2/c1-3-6-13(12-8-5-4-7-11(12)2)17-10-16-9-14(17)15(18)19/h4-5,7-10,13H,3,6H2,1-2H3,(H,18,19). The maximum Gasteiger partial charge on any atom is 0.354 e. The average Bonchev–Trinajstić information content (AvgIpc) is 2.86. The Morgan fingerprint density at radius 2 is 2.16 bits per heavy atom. The van der Waals surface area contributed by atoms with Gasteiger partial charge in [0, 0.05) is 0 Å². The van der Waals surface area contributed by atoms with Crippen molar-refractivity contribution in [1.82, 2.24) is 9.55 Å². The summed E-state index contributed by atoms with van der Waals surface area (Å²) in [4.78, 5) is 15.2. The number of carbonyl (C=O) groups is 1. The summed E-state index contributed by atoms with van der Waals surface area (Å²) >= 11 is 0. The summed E-state index contributed by atoms with van der Waals surface area (Å²) in [5.74, 6) is -0.938. The molecule has 0 amide bonds. The van der Waals surface area contributed by atoms with E-state index >= 15 is 0 Å². The summed E-state index contributed by atoms with van der Waals surface area (Å²) in [6, 6.07) is 8.12. The number of imidazole rings is 1. The van der Waals surface area contributed by atoms with Crippen LogP contribution in [0.15, 0.2) is 36.8 Å². The van der Waals surface area contributed by atoms with Crippen LogP contribution in [0, 0.1) is 6.92 Å². The van der Waals surface area contributed by atoms with Crippen LogP contribution in [0.3, 0.4) is 0 Å². The number of carboxylic acid groups (broad SMARTS) is 1. The van der Waals surface area contributed by atoms with Gasteiger partial charge in [-0.15, -0.1) is 0 Å². The normalized spacial score (nSPS) is 12.3. The lowest BCUT2D eigenvalue weighted by Crippen LogP contribution is -2.16. The van der Waals surface area contributed by atoms with Gasteiger partial charge in [-0.25, -0.2) is 9.78 Å². The Labute approximate surface area is 112 Å². The van der Waals surface area contributed by atoms with Crippen LogP contribution in [0.1, 0.15) is 47.4 Å². The van der Waals surface area contributed by atoms with E-state index in [0.29, 0.717) is 0 Å². The van der Waals surface area contributed by atoms with E-state index in [9.17, 15) is 9.90 Å². The number of aromatic carboxylic acids is 1. The SMILES string of the molecule is CCCC(c1ccccc1C)n1cncc1C(=O)O. The van der Waals surface area contributed by atoms with E-state index in [0.717, 1.165) is 18.4 Å². The number of hydrogen-bond donors (Lipinski definition) is 1. The smallest absolute Gasteiger partial charge is 0.354 e. The van der Waals surface area contributed by atoms with E-state index in [4.69, 9.17) is 0 Å². The van der Waals surface area contributed by atoms with Crippen molar-refractivity contribution in [2.75, 3.05) is 0 Å². The van der Waals surface area contributed by atoms with Crippen LogP contribution >= 0.6 is 0 Å². The third-order valence-electron chi connectivity index (χ3n) is 3.33. The van der Waals surface area contributed by atoms with Gasteiger partial charge in [0.2, 0.25) is 0 Å². The monoisotopic (exact) mass is 258 g/mol. The molecule has 0 aliphatic carbocycles. The Morgan fingerprint density at radius 3 is 2.79 bits per heavy atom. The Kier molecular flexibility index (Phi) is 4.00. The fourth-order valence-corrected chi connectivity index (χ4v) is 2.40. The Bertz CT molecular complexity index is 575. The van der Waals surface area contributed by atoms with E-state index < -0.39 is 5.97 Å². The lowest BCUT2D eigenvalue weighted by atomic mass is 9.97. The zero-order valence-electron chi connectivity index (χ0n) is 11.2. The van der Waals surface area contributed by atoms with Crippen molar-refractivity contribution < 1.29 is 9.90 Å². The molecule has 1 heterocycles. The molecule has 1 atom stereocenters. The number of carboxylic acids is 1. The molecular weight excluding hydrogens is 240 g/mol. The largest absolute Gasteiger partial charge is 0.477 e. The topological polar surface area (TPSA) is 55.1 Å². The van der Waals surface area contributed by atoms with Crippen molar-refractivity contribution in [2.45, 2.75) is 32.7 Å². The zero-order valence-corrected chi connectivity index (χ0v) is 11.2. The molecule has 2 aromatic rings. The molecule has 0 aliphatic heterocycles. The average molecular weight is 258 g/mol. The minimum absolute atomic E-state index is 0.0276. The van der Waals surface area contributed by atoms with E-state index in [1.54, 1.807) is 10.9 Å². The highest BCUT2D eigenvalue weighted by Crippen LogP contribution is 2.27.